The number of carbonyl (C=O) groups is 2. The van der Waals surface area contributed by atoms with Crippen molar-refractivity contribution in [3.8, 4) is 6.07 Å². The molecule has 0 aliphatic carbocycles. The number of nitriles is 1. The predicted octanol–water partition coefficient (Wildman–Crippen LogP) is 4.77. The van der Waals surface area contributed by atoms with E-state index in [2.05, 4.69) is 11.4 Å². The van der Waals surface area contributed by atoms with Gasteiger partial charge in [-0.3, -0.25) is 9.59 Å². The van der Waals surface area contributed by atoms with Gasteiger partial charge in [0.25, 0.3) is 5.91 Å². The lowest BCUT2D eigenvalue weighted by molar-refractivity contribution is -0.146. The van der Waals surface area contributed by atoms with Crippen molar-refractivity contribution >= 4 is 29.3 Å². The van der Waals surface area contributed by atoms with E-state index >= 15 is 0 Å². The molecule has 0 heterocycles. The van der Waals surface area contributed by atoms with Gasteiger partial charge in [0.2, 0.25) is 0 Å². The molecule has 0 bridgehead atoms. The highest BCUT2D eigenvalue weighted by Crippen LogP contribution is 2.36. The summed E-state index contributed by atoms with van der Waals surface area (Å²) in [5, 5.41) is 10.8. The van der Waals surface area contributed by atoms with E-state index in [4.69, 9.17) is 10.00 Å². The van der Waals surface area contributed by atoms with E-state index in [0.717, 1.165) is 16.0 Å². The summed E-state index contributed by atoms with van der Waals surface area (Å²) in [6, 6.07) is 28.0. The van der Waals surface area contributed by atoms with Crippen molar-refractivity contribution < 1.29 is 14.3 Å². The van der Waals surface area contributed by atoms with Crippen molar-refractivity contribution in [2.75, 3.05) is 11.9 Å². The molecule has 3 aromatic rings. The highest BCUT2D eigenvalue weighted by Gasteiger charge is 2.24. The van der Waals surface area contributed by atoms with Gasteiger partial charge in [0.1, 0.15) is 5.25 Å². The monoisotopic (exact) mass is 416 g/mol. The summed E-state index contributed by atoms with van der Waals surface area (Å²) in [5.41, 5.74) is 2.26. The number of anilines is 1. The number of esters is 1. The minimum atomic E-state index is -0.577. The van der Waals surface area contributed by atoms with E-state index in [1.165, 1.54) is 11.8 Å². The van der Waals surface area contributed by atoms with Crippen molar-refractivity contribution in [2.45, 2.75) is 16.6 Å². The van der Waals surface area contributed by atoms with Gasteiger partial charge in [0.05, 0.1) is 12.5 Å². The number of hydrogen-bond acceptors (Lipinski definition) is 5. The quantitative estimate of drug-likeness (QED) is 0.423. The lowest BCUT2D eigenvalue weighted by Gasteiger charge is -2.16. The molecule has 0 aliphatic rings. The predicted molar refractivity (Wildman–Crippen MR) is 117 cm³/mol. The van der Waals surface area contributed by atoms with Crippen LogP contribution in [0.2, 0.25) is 0 Å². The molecule has 0 saturated carbocycles. The summed E-state index contributed by atoms with van der Waals surface area (Å²) in [7, 11) is 0. The van der Waals surface area contributed by atoms with E-state index in [0.29, 0.717) is 12.1 Å². The number of hydrogen-bond donors (Lipinski definition) is 1. The van der Waals surface area contributed by atoms with Crippen molar-refractivity contribution in [2.24, 2.45) is 0 Å². The van der Waals surface area contributed by atoms with E-state index in [1.54, 1.807) is 24.3 Å². The fourth-order valence-corrected chi connectivity index (χ4v) is 3.77. The molecule has 1 amide bonds. The third-order valence-corrected chi connectivity index (χ3v) is 5.42. The van der Waals surface area contributed by atoms with Crippen LogP contribution >= 0.6 is 11.8 Å². The second-order valence-electron chi connectivity index (χ2n) is 6.41. The number of amides is 1. The number of thioether (sulfide) groups is 1. The molecular weight excluding hydrogens is 396 g/mol. The molecule has 150 valence electrons. The number of nitrogens with one attached hydrogen (secondary N) is 1. The van der Waals surface area contributed by atoms with Gasteiger partial charge in [0.15, 0.2) is 6.61 Å². The molecule has 0 saturated heterocycles. The number of benzene rings is 3. The molecule has 1 N–H and O–H groups in total. The smallest absolute Gasteiger partial charge is 0.324 e. The zero-order chi connectivity index (χ0) is 21.2. The third-order valence-electron chi connectivity index (χ3n) is 4.18. The molecule has 1 atom stereocenters. The third kappa shape index (κ3) is 6.23. The fourth-order valence-electron chi connectivity index (χ4n) is 2.72. The molecule has 0 radical (unpaired) electrons. The van der Waals surface area contributed by atoms with Crippen molar-refractivity contribution in [1.29, 1.82) is 5.26 Å². The van der Waals surface area contributed by atoms with Crippen molar-refractivity contribution in [1.82, 2.24) is 0 Å². The Hall–Kier alpha value is -3.56. The minimum absolute atomic E-state index is 0.311. The lowest BCUT2D eigenvalue weighted by atomic mass is 10.1. The molecule has 3 aromatic carbocycles. The van der Waals surface area contributed by atoms with Gasteiger partial charge in [0, 0.05) is 10.6 Å². The van der Waals surface area contributed by atoms with Gasteiger partial charge in [-0.15, -0.1) is 11.8 Å². The average Bonchev–Trinajstić information content (AvgIpc) is 2.79. The van der Waals surface area contributed by atoms with E-state index in [-0.39, 0.29) is 6.61 Å². The Morgan fingerprint density at radius 1 is 0.933 bits per heavy atom. The first-order valence-electron chi connectivity index (χ1n) is 9.35. The SMILES string of the molecule is N#CCc1ccc(NC(=O)COC(=O)[C@@H](Sc2ccccc2)c2ccccc2)cc1. The van der Waals surface area contributed by atoms with E-state index < -0.39 is 17.1 Å². The van der Waals surface area contributed by atoms with E-state index in [9.17, 15) is 9.59 Å². The maximum atomic E-state index is 12.8. The Morgan fingerprint density at radius 2 is 1.57 bits per heavy atom. The maximum absolute atomic E-state index is 12.8. The Labute approximate surface area is 179 Å². The Bertz CT molecular complexity index is 1020. The van der Waals surface area contributed by atoms with Crippen LogP contribution in [0.1, 0.15) is 16.4 Å². The summed E-state index contributed by atoms with van der Waals surface area (Å²) >= 11 is 1.38. The molecule has 30 heavy (non-hydrogen) atoms. The summed E-state index contributed by atoms with van der Waals surface area (Å²) in [4.78, 5) is 25.9. The second-order valence-corrected chi connectivity index (χ2v) is 7.59. The largest absolute Gasteiger partial charge is 0.454 e. The number of nitrogens with zero attached hydrogens (tertiary/aromatic N) is 1. The van der Waals surface area contributed by atoms with Gasteiger partial charge in [-0.1, -0.05) is 60.7 Å². The van der Waals surface area contributed by atoms with Crippen molar-refractivity contribution in [3.63, 3.8) is 0 Å². The molecule has 3 rings (SSSR count). The van der Waals surface area contributed by atoms with Crippen LogP contribution in [0.5, 0.6) is 0 Å². The number of rotatable bonds is 8. The summed E-state index contributed by atoms with van der Waals surface area (Å²) in [6.07, 6.45) is 0.311. The topological polar surface area (TPSA) is 79.2 Å². The Morgan fingerprint density at radius 3 is 2.20 bits per heavy atom. The first-order valence-corrected chi connectivity index (χ1v) is 10.2. The summed E-state index contributed by atoms with van der Waals surface area (Å²) < 4.78 is 5.31. The molecule has 0 aliphatic heterocycles. The highest BCUT2D eigenvalue weighted by atomic mass is 32.2. The summed E-state index contributed by atoms with van der Waals surface area (Å²) in [5.74, 6) is -0.900. The Kier molecular flexibility index (Phi) is 7.64. The number of ether oxygens (including phenoxy) is 1. The van der Waals surface area contributed by atoms with Gasteiger partial charge >= 0.3 is 5.97 Å². The molecule has 0 fully saturated rings. The number of carbonyl (C=O) groups excluding carboxylic acids is 2. The normalized spacial score (nSPS) is 11.2. The minimum Gasteiger partial charge on any atom is -0.454 e. The van der Waals surface area contributed by atoms with Crippen LogP contribution in [0.15, 0.2) is 89.8 Å². The molecule has 0 unspecified atom stereocenters. The van der Waals surface area contributed by atoms with Crippen molar-refractivity contribution in [3.05, 3.63) is 96.1 Å². The fraction of sp³-hybridized carbons (Fsp3) is 0.125. The van der Waals surface area contributed by atoms with Gasteiger partial charge < -0.3 is 10.1 Å². The van der Waals surface area contributed by atoms with Crippen LogP contribution < -0.4 is 5.32 Å². The lowest BCUT2D eigenvalue weighted by Crippen LogP contribution is -2.23. The van der Waals surface area contributed by atoms with E-state index in [1.807, 2.05) is 60.7 Å². The standard InChI is InChI=1S/C24H20N2O3S/c25-16-15-18-11-13-20(14-12-18)26-22(27)17-29-24(28)23(19-7-3-1-4-8-19)30-21-9-5-2-6-10-21/h1-14,23H,15,17H2,(H,26,27)/t23-/m0/s1. The van der Waals surface area contributed by atoms with Crippen LogP contribution in [0.3, 0.4) is 0 Å². The molecule has 0 aromatic heterocycles. The van der Waals surface area contributed by atoms with Crippen LogP contribution in [0.4, 0.5) is 5.69 Å². The van der Waals surface area contributed by atoms with Crippen LogP contribution in [0, 0.1) is 11.3 Å². The first kappa shape index (κ1) is 21.2. The van der Waals surface area contributed by atoms with Gasteiger partial charge in [-0.05, 0) is 35.4 Å². The van der Waals surface area contributed by atoms with Gasteiger partial charge in [-0.2, -0.15) is 5.26 Å². The molecular formula is C24H20N2O3S. The zero-order valence-electron chi connectivity index (χ0n) is 16.2. The zero-order valence-corrected chi connectivity index (χ0v) is 17.0. The first-order chi connectivity index (χ1) is 14.7. The second kappa shape index (κ2) is 10.8. The average molecular weight is 417 g/mol. The maximum Gasteiger partial charge on any atom is 0.324 e. The summed E-state index contributed by atoms with van der Waals surface area (Å²) in [6.45, 7) is -0.378. The highest BCUT2D eigenvalue weighted by molar-refractivity contribution is 8.00. The Balaban J connectivity index is 1.61. The van der Waals surface area contributed by atoms with Crippen LogP contribution in [-0.4, -0.2) is 18.5 Å². The van der Waals surface area contributed by atoms with Crippen LogP contribution in [-0.2, 0) is 20.7 Å². The molecule has 6 heteroatoms. The molecule has 0 spiro atoms. The molecule has 5 nitrogen and oxygen atoms in total. The van der Waals surface area contributed by atoms with Crippen LogP contribution in [0.25, 0.3) is 0 Å². The van der Waals surface area contributed by atoms with Gasteiger partial charge in [-0.25, -0.2) is 0 Å².